The van der Waals surface area contributed by atoms with Gasteiger partial charge in [0.2, 0.25) is 5.91 Å². The van der Waals surface area contributed by atoms with E-state index in [1.165, 1.54) is 11.1 Å². The second-order valence-electron chi connectivity index (χ2n) is 5.62. The fraction of sp³-hybridized carbons (Fsp3) is 0.529. The summed E-state index contributed by atoms with van der Waals surface area (Å²) in [6, 6.07) is 10.7. The Kier molecular flexibility index (Phi) is 5.77. The number of amides is 1. The molecule has 0 bridgehead atoms. The summed E-state index contributed by atoms with van der Waals surface area (Å²) < 4.78 is 0. The first-order valence-corrected chi connectivity index (χ1v) is 7.61. The Bertz CT molecular complexity index is 521. The molecule has 0 saturated carbocycles. The fourth-order valence-electron chi connectivity index (χ4n) is 2.75. The van der Waals surface area contributed by atoms with Crippen LogP contribution in [0.5, 0.6) is 0 Å². The Hall–Kier alpha value is -1.86. The molecule has 0 N–H and O–H groups in total. The number of fused-ring (bicyclic) bond motifs is 1. The molecule has 1 aliphatic rings. The second-order valence-corrected chi connectivity index (χ2v) is 5.62. The van der Waals surface area contributed by atoms with Crippen LogP contribution in [-0.2, 0) is 17.8 Å². The molecule has 0 atom stereocenters. The van der Waals surface area contributed by atoms with E-state index in [-0.39, 0.29) is 5.91 Å². The van der Waals surface area contributed by atoms with Crippen molar-refractivity contribution >= 4 is 5.91 Å². The normalized spacial score (nSPS) is 14.9. The molecule has 0 saturated heterocycles. The number of carbonyl (C=O) groups is 1. The number of aryl methyl sites for hydroxylation is 1. The minimum Gasteiger partial charge on any atom is -0.345 e. The van der Waals surface area contributed by atoms with Crippen LogP contribution in [-0.4, -0.2) is 42.4 Å². The molecule has 0 fully saturated rings. The van der Waals surface area contributed by atoms with Gasteiger partial charge in [0.15, 0.2) is 0 Å². The van der Waals surface area contributed by atoms with Gasteiger partial charge in [-0.25, -0.2) is 0 Å². The quantitative estimate of drug-likeness (QED) is 0.833. The van der Waals surface area contributed by atoms with Crippen molar-refractivity contribution in [3.8, 4) is 6.07 Å². The van der Waals surface area contributed by atoms with Gasteiger partial charge in [0.1, 0.15) is 0 Å². The van der Waals surface area contributed by atoms with Gasteiger partial charge in [-0.1, -0.05) is 24.3 Å². The molecule has 0 spiro atoms. The average molecular weight is 285 g/mol. The van der Waals surface area contributed by atoms with Gasteiger partial charge in [-0.2, -0.15) is 5.26 Å². The van der Waals surface area contributed by atoms with Crippen molar-refractivity contribution in [3.63, 3.8) is 0 Å². The van der Waals surface area contributed by atoms with Crippen LogP contribution >= 0.6 is 0 Å². The van der Waals surface area contributed by atoms with E-state index in [1.54, 1.807) is 11.9 Å². The predicted octanol–water partition coefficient (Wildman–Crippen LogP) is 2.20. The molecule has 112 valence electrons. The maximum Gasteiger partial charge on any atom is 0.223 e. The molecule has 0 aliphatic carbocycles. The minimum atomic E-state index is 0.128. The van der Waals surface area contributed by atoms with Crippen molar-refractivity contribution in [1.82, 2.24) is 9.80 Å². The molecule has 0 radical (unpaired) electrons. The lowest BCUT2D eigenvalue weighted by atomic mass is 10.0. The summed E-state index contributed by atoms with van der Waals surface area (Å²) in [6.45, 7) is 3.30. The van der Waals surface area contributed by atoms with Crippen LogP contribution in [0.4, 0.5) is 0 Å². The lowest BCUT2D eigenvalue weighted by Gasteiger charge is -2.22. The summed E-state index contributed by atoms with van der Waals surface area (Å²) in [4.78, 5) is 16.0. The third kappa shape index (κ3) is 4.57. The maximum absolute atomic E-state index is 12.0. The Balaban J connectivity index is 1.84. The van der Waals surface area contributed by atoms with Gasteiger partial charge in [0.25, 0.3) is 0 Å². The van der Waals surface area contributed by atoms with E-state index in [0.29, 0.717) is 19.4 Å². The summed E-state index contributed by atoms with van der Waals surface area (Å²) >= 11 is 0. The number of nitriles is 1. The molecule has 4 heteroatoms. The molecule has 21 heavy (non-hydrogen) atoms. The van der Waals surface area contributed by atoms with Crippen LogP contribution in [0.3, 0.4) is 0 Å². The highest BCUT2D eigenvalue weighted by Crippen LogP contribution is 2.18. The van der Waals surface area contributed by atoms with Crippen molar-refractivity contribution < 1.29 is 4.79 Å². The number of rotatable bonds is 5. The van der Waals surface area contributed by atoms with E-state index in [2.05, 4.69) is 35.2 Å². The highest BCUT2D eigenvalue weighted by atomic mass is 16.2. The second kappa shape index (κ2) is 7.80. The van der Waals surface area contributed by atoms with Gasteiger partial charge >= 0.3 is 0 Å². The van der Waals surface area contributed by atoms with E-state index in [1.807, 2.05) is 0 Å². The maximum atomic E-state index is 12.0. The zero-order valence-corrected chi connectivity index (χ0v) is 12.7. The predicted molar refractivity (Wildman–Crippen MR) is 82.5 cm³/mol. The van der Waals surface area contributed by atoms with Gasteiger partial charge < -0.3 is 4.90 Å². The van der Waals surface area contributed by atoms with E-state index in [9.17, 15) is 4.79 Å². The molecule has 1 aromatic rings. The van der Waals surface area contributed by atoms with Crippen LogP contribution < -0.4 is 0 Å². The Morgan fingerprint density at radius 3 is 2.90 bits per heavy atom. The molecule has 1 amide bonds. The molecule has 0 aromatic heterocycles. The first kappa shape index (κ1) is 15.5. The molecule has 1 aliphatic heterocycles. The Labute approximate surface area is 127 Å². The number of hydrogen-bond donors (Lipinski definition) is 0. The molecule has 4 nitrogen and oxygen atoms in total. The van der Waals surface area contributed by atoms with Crippen LogP contribution in [0.25, 0.3) is 0 Å². The largest absolute Gasteiger partial charge is 0.345 e. The molecule has 2 rings (SSSR count). The summed E-state index contributed by atoms with van der Waals surface area (Å²) in [7, 11) is 1.78. The highest BCUT2D eigenvalue weighted by molar-refractivity contribution is 5.76. The average Bonchev–Trinajstić information content (AvgIpc) is 2.71. The van der Waals surface area contributed by atoms with E-state index in [0.717, 1.165) is 32.5 Å². The van der Waals surface area contributed by atoms with Gasteiger partial charge in [-0.05, 0) is 30.5 Å². The number of nitrogens with zero attached hydrogens (tertiary/aromatic N) is 3. The van der Waals surface area contributed by atoms with Crippen LogP contribution in [0.2, 0.25) is 0 Å². The van der Waals surface area contributed by atoms with Crippen molar-refractivity contribution in [2.24, 2.45) is 0 Å². The van der Waals surface area contributed by atoms with Gasteiger partial charge in [0.05, 0.1) is 12.5 Å². The molecule has 1 heterocycles. The molecule has 0 unspecified atom stereocenters. The lowest BCUT2D eigenvalue weighted by Crippen LogP contribution is -2.32. The van der Waals surface area contributed by atoms with Crippen LogP contribution in [0.15, 0.2) is 24.3 Å². The third-order valence-corrected chi connectivity index (χ3v) is 4.06. The first-order valence-electron chi connectivity index (χ1n) is 7.61. The number of benzene rings is 1. The highest BCUT2D eigenvalue weighted by Gasteiger charge is 2.16. The van der Waals surface area contributed by atoms with Gasteiger partial charge in [0, 0.05) is 33.1 Å². The van der Waals surface area contributed by atoms with E-state index in [4.69, 9.17) is 5.26 Å². The monoisotopic (exact) mass is 285 g/mol. The van der Waals surface area contributed by atoms with Gasteiger partial charge in [-0.3, -0.25) is 9.69 Å². The standard InChI is InChI=1S/C17H23N3O/c1-19(11-5-10-18)17(21)9-13-20-12-4-8-15-6-2-3-7-16(15)14-20/h2-3,6-7H,4-5,8-9,11-14H2,1H3. The SMILES string of the molecule is CN(CCC#N)C(=O)CCN1CCCc2ccccc2C1. The van der Waals surface area contributed by atoms with Crippen LogP contribution in [0.1, 0.15) is 30.4 Å². The lowest BCUT2D eigenvalue weighted by molar-refractivity contribution is -0.130. The Morgan fingerprint density at radius 2 is 2.14 bits per heavy atom. The topological polar surface area (TPSA) is 47.3 Å². The molecular formula is C17H23N3O. The zero-order chi connectivity index (χ0) is 15.1. The zero-order valence-electron chi connectivity index (χ0n) is 12.7. The van der Waals surface area contributed by atoms with Gasteiger partial charge in [-0.15, -0.1) is 0 Å². The van der Waals surface area contributed by atoms with E-state index >= 15 is 0 Å². The third-order valence-electron chi connectivity index (χ3n) is 4.06. The molecular weight excluding hydrogens is 262 g/mol. The first-order chi connectivity index (χ1) is 10.2. The van der Waals surface area contributed by atoms with Crippen molar-refractivity contribution in [1.29, 1.82) is 5.26 Å². The number of carbonyl (C=O) groups excluding carboxylic acids is 1. The summed E-state index contributed by atoms with van der Waals surface area (Å²) in [5, 5.41) is 8.56. The minimum absolute atomic E-state index is 0.128. The van der Waals surface area contributed by atoms with Crippen LogP contribution in [0, 0.1) is 11.3 Å². The summed E-state index contributed by atoms with van der Waals surface area (Å²) in [5.74, 6) is 0.128. The van der Waals surface area contributed by atoms with E-state index < -0.39 is 0 Å². The number of hydrogen-bond acceptors (Lipinski definition) is 3. The smallest absolute Gasteiger partial charge is 0.223 e. The summed E-state index contributed by atoms with van der Waals surface area (Å²) in [5.41, 5.74) is 2.83. The summed E-state index contributed by atoms with van der Waals surface area (Å²) in [6.07, 6.45) is 3.21. The van der Waals surface area contributed by atoms with Crippen molar-refractivity contribution in [2.45, 2.75) is 32.2 Å². The van der Waals surface area contributed by atoms with Crippen molar-refractivity contribution in [2.75, 3.05) is 26.7 Å². The Morgan fingerprint density at radius 1 is 1.38 bits per heavy atom. The molecule has 1 aromatic carbocycles. The fourth-order valence-corrected chi connectivity index (χ4v) is 2.75. The van der Waals surface area contributed by atoms with Crippen molar-refractivity contribution in [3.05, 3.63) is 35.4 Å².